The second-order valence-corrected chi connectivity index (χ2v) is 6.40. The third-order valence-electron chi connectivity index (χ3n) is 4.15. The summed E-state index contributed by atoms with van der Waals surface area (Å²) in [4.78, 5) is 24.8. The molecule has 0 unspecified atom stereocenters. The summed E-state index contributed by atoms with van der Waals surface area (Å²) in [6, 6.07) is 10.7. The predicted octanol–water partition coefficient (Wildman–Crippen LogP) is 3.96. The minimum Gasteiger partial charge on any atom is -0.493 e. The van der Waals surface area contributed by atoms with Gasteiger partial charge in [0.2, 0.25) is 5.91 Å². The second kappa shape index (κ2) is 9.07. The van der Waals surface area contributed by atoms with Crippen LogP contribution in [-0.4, -0.2) is 26.1 Å². The Morgan fingerprint density at radius 2 is 1.67 bits per heavy atom. The van der Waals surface area contributed by atoms with Gasteiger partial charge in [-0.3, -0.25) is 4.79 Å². The molecule has 27 heavy (non-hydrogen) atoms. The summed E-state index contributed by atoms with van der Waals surface area (Å²) >= 11 is 0. The van der Waals surface area contributed by atoms with Crippen LogP contribution >= 0.6 is 0 Å². The van der Waals surface area contributed by atoms with Gasteiger partial charge in [0, 0.05) is 18.1 Å². The minimum absolute atomic E-state index is 0.136. The van der Waals surface area contributed by atoms with E-state index in [0.29, 0.717) is 17.2 Å². The SMILES string of the molecule is COc1cc(NC(=O)C(C)C)c(C(=O)OCc2ccccc2C)cc1OC. The highest BCUT2D eigenvalue weighted by atomic mass is 16.5. The molecule has 0 radical (unpaired) electrons. The molecular weight excluding hydrogens is 346 g/mol. The van der Waals surface area contributed by atoms with Crippen LogP contribution in [0.1, 0.15) is 35.3 Å². The fraction of sp³-hybridized carbons (Fsp3) is 0.333. The predicted molar refractivity (Wildman–Crippen MR) is 103 cm³/mol. The number of hydrogen-bond donors (Lipinski definition) is 1. The van der Waals surface area contributed by atoms with Gasteiger partial charge >= 0.3 is 5.97 Å². The van der Waals surface area contributed by atoms with Crippen molar-refractivity contribution in [1.82, 2.24) is 0 Å². The first-order chi connectivity index (χ1) is 12.9. The normalized spacial score (nSPS) is 10.4. The van der Waals surface area contributed by atoms with E-state index < -0.39 is 5.97 Å². The smallest absolute Gasteiger partial charge is 0.340 e. The molecule has 0 fully saturated rings. The molecule has 0 aliphatic rings. The van der Waals surface area contributed by atoms with Crippen molar-refractivity contribution in [3.63, 3.8) is 0 Å². The van der Waals surface area contributed by atoms with Crippen LogP contribution in [-0.2, 0) is 16.1 Å². The van der Waals surface area contributed by atoms with Gasteiger partial charge in [-0.25, -0.2) is 4.79 Å². The van der Waals surface area contributed by atoms with Gasteiger partial charge in [0.25, 0.3) is 0 Å². The molecule has 144 valence electrons. The average molecular weight is 371 g/mol. The first-order valence-corrected chi connectivity index (χ1v) is 8.65. The summed E-state index contributed by atoms with van der Waals surface area (Å²) in [6.45, 7) is 5.63. The molecule has 2 aromatic carbocycles. The van der Waals surface area contributed by atoms with E-state index in [1.165, 1.54) is 20.3 Å². The van der Waals surface area contributed by atoms with Gasteiger partial charge in [-0.2, -0.15) is 0 Å². The monoisotopic (exact) mass is 371 g/mol. The van der Waals surface area contributed by atoms with Crippen LogP contribution in [0.15, 0.2) is 36.4 Å². The molecule has 1 N–H and O–H groups in total. The van der Waals surface area contributed by atoms with E-state index in [2.05, 4.69) is 5.32 Å². The summed E-state index contributed by atoms with van der Waals surface area (Å²) in [6.07, 6.45) is 0. The van der Waals surface area contributed by atoms with Crippen molar-refractivity contribution >= 4 is 17.6 Å². The standard InChI is InChI=1S/C21H25NO5/c1-13(2)20(23)22-17-11-19(26-5)18(25-4)10-16(17)21(24)27-12-15-9-7-6-8-14(15)3/h6-11,13H,12H2,1-5H3,(H,22,23). The van der Waals surface area contributed by atoms with Crippen molar-refractivity contribution in [1.29, 1.82) is 0 Å². The summed E-state index contributed by atoms with van der Waals surface area (Å²) in [7, 11) is 2.97. The summed E-state index contributed by atoms with van der Waals surface area (Å²) in [5, 5.41) is 2.75. The maximum atomic E-state index is 12.7. The van der Waals surface area contributed by atoms with Gasteiger partial charge in [0.1, 0.15) is 6.61 Å². The van der Waals surface area contributed by atoms with Crippen molar-refractivity contribution in [3.05, 3.63) is 53.1 Å². The number of esters is 1. The van der Waals surface area contributed by atoms with E-state index >= 15 is 0 Å². The van der Waals surface area contributed by atoms with E-state index in [0.717, 1.165) is 11.1 Å². The maximum absolute atomic E-state index is 12.7. The lowest BCUT2D eigenvalue weighted by Crippen LogP contribution is -2.20. The largest absolute Gasteiger partial charge is 0.493 e. The Labute approximate surface area is 159 Å². The van der Waals surface area contributed by atoms with Crippen molar-refractivity contribution in [3.8, 4) is 11.5 Å². The summed E-state index contributed by atoms with van der Waals surface area (Å²) < 4.78 is 16.0. The van der Waals surface area contributed by atoms with E-state index in [-0.39, 0.29) is 24.0 Å². The number of carbonyl (C=O) groups is 2. The highest BCUT2D eigenvalue weighted by Crippen LogP contribution is 2.34. The fourth-order valence-electron chi connectivity index (χ4n) is 2.42. The molecule has 0 spiro atoms. The molecule has 0 aromatic heterocycles. The zero-order valence-electron chi connectivity index (χ0n) is 16.3. The third-order valence-corrected chi connectivity index (χ3v) is 4.15. The number of hydrogen-bond acceptors (Lipinski definition) is 5. The Morgan fingerprint density at radius 3 is 2.26 bits per heavy atom. The van der Waals surface area contributed by atoms with E-state index in [9.17, 15) is 9.59 Å². The van der Waals surface area contributed by atoms with Gasteiger partial charge in [0.15, 0.2) is 11.5 Å². The number of amides is 1. The molecule has 2 rings (SSSR count). The number of aryl methyl sites for hydroxylation is 1. The number of carbonyl (C=O) groups excluding carboxylic acids is 2. The van der Waals surface area contributed by atoms with Gasteiger partial charge in [-0.05, 0) is 18.1 Å². The maximum Gasteiger partial charge on any atom is 0.340 e. The van der Waals surface area contributed by atoms with Crippen molar-refractivity contribution in [2.24, 2.45) is 5.92 Å². The van der Waals surface area contributed by atoms with Crippen LogP contribution in [0.3, 0.4) is 0 Å². The Bertz CT molecular complexity index is 829. The molecule has 2 aromatic rings. The minimum atomic E-state index is -0.557. The van der Waals surface area contributed by atoms with Crippen LogP contribution in [0.2, 0.25) is 0 Å². The Hall–Kier alpha value is -3.02. The molecule has 0 atom stereocenters. The number of nitrogens with one attached hydrogen (secondary N) is 1. The molecular formula is C21H25NO5. The Morgan fingerprint density at radius 1 is 1.04 bits per heavy atom. The fourth-order valence-corrected chi connectivity index (χ4v) is 2.42. The number of rotatable bonds is 7. The second-order valence-electron chi connectivity index (χ2n) is 6.40. The lowest BCUT2D eigenvalue weighted by atomic mass is 10.1. The van der Waals surface area contributed by atoms with Crippen LogP contribution in [0, 0.1) is 12.8 Å². The van der Waals surface area contributed by atoms with E-state index in [4.69, 9.17) is 14.2 Å². The van der Waals surface area contributed by atoms with Crippen LogP contribution in [0.4, 0.5) is 5.69 Å². The van der Waals surface area contributed by atoms with Crippen molar-refractivity contribution in [2.45, 2.75) is 27.4 Å². The van der Waals surface area contributed by atoms with Crippen LogP contribution < -0.4 is 14.8 Å². The van der Waals surface area contributed by atoms with Gasteiger partial charge in [-0.15, -0.1) is 0 Å². The number of benzene rings is 2. The molecule has 0 aliphatic carbocycles. The molecule has 0 heterocycles. The first-order valence-electron chi connectivity index (χ1n) is 8.65. The van der Waals surface area contributed by atoms with Crippen LogP contribution in [0.25, 0.3) is 0 Å². The first kappa shape index (κ1) is 20.3. The summed E-state index contributed by atoms with van der Waals surface area (Å²) in [5.74, 6) is -0.225. The lowest BCUT2D eigenvalue weighted by molar-refractivity contribution is -0.118. The lowest BCUT2D eigenvalue weighted by Gasteiger charge is -2.16. The molecule has 0 saturated heterocycles. The highest BCUT2D eigenvalue weighted by molar-refractivity contribution is 6.02. The van der Waals surface area contributed by atoms with Crippen molar-refractivity contribution in [2.75, 3.05) is 19.5 Å². The summed E-state index contributed by atoms with van der Waals surface area (Å²) in [5.41, 5.74) is 2.47. The topological polar surface area (TPSA) is 73.9 Å². The number of ether oxygens (including phenoxy) is 3. The van der Waals surface area contributed by atoms with Crippen molar-refractivity contribution < 1.29 is 23.8 Å². The Balaban J connectivity index is 2.32. The Kier molecular flexibility index (Phi) is 6.82. The molecule has 6 nitrogen and oxygen atoms in total. The quantitative estimate of drug-likeness (QED) is 0.746. The zero-order valence-corrected chi connectivity index (χ0v) is 16.3. The molecule has 6 heteroatoms. The molecule has 0 bridgehead atoms. The van der Waals surface area contributed by atoms with E-state index in [1.807, 2.05) is 31.2 Å². The number of methoxy groups -OCH3 is 2. The molecule has 0 saturated carbocycles. The highest BCUT2D eigenvalue weighted by Gasteiger charge is 2.21. The number of anilines is 1. The average Bonchev–Trinajstić information content (AvgIpc) is 2.66. The van der Waals surface area contributed by atoms with Crippen LogP contribution in [0.5, 0.6) is 11.5 Å². The third kappa shape index (κ3) is 5.00. The molecule has 1 amide bonds. The van der Waals surface area contributed by atoms with Gasteiger partial charge in [-0.1, -0.05) is 38.1 Å². The van der Waals surface area contributed by atoms with E-state index in [1.54, 1.807) is 19.9 Å². The van der Waals surface area contributed by atoms with Gasteiger partial charge < -0.3 is 19.5 Å². The molecule has 0 aliphatic heterocycles. The zero-order chi connectivity index (χ0) is 20.0. The van der Waals surface area contributed by atoms with Gasteiger partial charge in [0.05, 0.1) is 25.5 Å².